The summed E-state index contributed by atoms with van der Waals surface area (Å²) in [6.45, 7) is 0. The summed E-state index contributed by atoms with van der Waals surface area (Å²) in [5.74, 6) is -0.305. The number of hydrogen-bond acceptors (Lipinski definition) is 5. The van der Waals surface area contributed by atoms with Crippen LogP contribution in [0.5, 0.6) is 0 Å². The Morgan fingerprint density at radius 2 is 1.82 bits per heavy atom. The molecule has 0 radical (unpaired) electrons. The van der Waals surface area contributed by atoms with E-state index in [1.807, 2.05) is 60.8 Å². The molecule has 2 heterocycles. The molecule has 0 unspecified atom stereocenters. The van der Waals surface area contributed by atoms with E-state index in [2.05, 4.69) is 15.5 Å². The van der Waals surface area contributed by atoms with Crippen molar-refractivity contribution in [3.05, 3.63) is 90.1 Å². The molecule has 3 aromatic carbocycles. The number of hydrogen-bond donors (Lipinski definition) is 2. The smallest absolute Gasteiger partial charge is 0.328 e. The fourth-order valence-corrected chi connectivity index (χ4v) is 3.98. The fourth-order valence-electron chi connectivity index (χ4n) is 3.98. The summed E-state index contributed by atoms with van der Waals surface area (Å²) in [6, 6.07) is 21.7. The van der Waals surface area contributed by atoms with Crippen molar-refractivity contribution in [1.82, 2.24) is 15.5 Å². The number of aromatic nitrogens is 2. The first-order valence-corrected chi connectivity index (χ1v) is 10.5. The molecule has 0 bridgehead atoms. The van der Waals surface area contributed by atoms with Crippen LogP contribution in [-0.4, -0.2) is 35.2 Å². The highest BCUT2D eigenvalue weighted by Crippen LogP contribution is 2.29. The molecule has 7 nitrogen and oxygen atoms in total. The number of fused-ring (bicyclic) bond motifs is 2. The van der Waals surface area contributed by atoms with Crippen molar-refractivity contribution in [1.29, 1.82) is 0 Å². The van der Waals surface area contributed by atoms with Gasteiger partial charge in [-0.15, -0.1) is 0 Å². The van der Waals surface area contributed by atoms with Gasteiger partial charge in [0.05, 0.1) is 12.5 Å². The van der Waals surface area contributed by atoms with E-state index in [0.29, 0.717) is 23.3 Å². The van der Waals surface area contributed by atoms with Gasteiger partial charge in [-0.1, -0.05) is 53.7 Å². The number of ether oxygens (including phenoxy) is 1. The van der Waals surface area contributed by atoms with Crippen LogP contribution in [0.4, 0.5) is 0 Å². The van der Waals surface area contributed by atoms with E-state index in [4.69, 9.17) is 9.26 Å². The van der Waals surface area contributed by atoms with Crippen LogP contribution in [-0.2, 0) is 16.0 Å². The van der Waals surface area contributed by atoms with Gasteiger partial charge in [0, 0.05) is 34.6 Å². The van der Waals surface area contributed by atoms with Crippen molar-refractivity contribution in [3.63, 3.8) is 0 Å². The Balaban J connectivity index is 1.43. The molecular formula is C26H21N3O4. The maximum absolute atomic E-state index is 13.1. The molecule has 2 aromatic heterocycles. The number of nitrogens with one attached hydrogen (secondary N) is 2. The molecule has 0 spiro atoms. The predicted molar refractivity (Wildman–Crippen MR) is 125 cm³/mol. The third kappa shape index (κ3) is 3.96. The molecule has 0 aliphatic heterocycles. The first-order valence-electron chi connectivity index (χ1n) is 10.5. The fraction of sp³-hybridized carbons (Fsp3) is 0.115. The van der Waals surface area contributed by atoms with E-state index in [9.17, 15) is 9.59 Å². The van der Waals surface area contributed by atoms with Gasteiger partial charge in [0.25, 0.3) is 5.91 Å². The van der Waals surface area contributed by atoms with E-state index >= 15 is 0 Å². The summed E-state index contributed by atoms with van der Waals surface area (Å²) in [7, 11) is 1.31. The number of esters is 1. The van der Waals surface area contributed by atoms with Gasteiger partial charge in [-0.2, -0.15) is 0 Å². The number of aromatic amines is 1. The maximum Gasteiger partial charge on any atom is 0.328 e. The molecule has 0 saturated heterocycles. The maximum atomic E-state index is 13.1. The van der Waals surface area contributed by atoms with E-state index in [1.165, 1.54) is 7.11 Å². The minimum atomic E-state index is -0.839. The molecule has 1 amide bonds. The highest BCUT2D eigenvalue weighted by molar-refractivity contribution is 6.02. The standard InChI is InChI=1S/C26H21N3O4/c1-32-26(31)23(14-18-15-27-21-10-6-5-9-19(18)21)28-25(30)17-11-12-22-20(13-17)24(33-29-22)16-7-3-2-4-8-16/h2-13,15,23,27H,14H2,1H3,(H,28,30)/t23-/m1/s1. The zero-order chi connectivity index (χ0) is 22.8. The van der Waals surface area contributed by atoms with Crippen molar-refractivity contribution in [3.8, 4) is 11.3 Å². The molecule has 0 aliphatic rings. The second-order valence-corrected chi connectivity index (χ2v) is 7.72. The van der Waals surface area contributed by atoms with Gasteiger partial charge in [-0.25, -0.2) is 4.79 Å². The summed E-state index contributed by atoms with van der Waals surface area (Å²) in [4.78, 5) is 28.8. The lowest BCUT2D eigenvalue weighted by molar-refractivity contribution is -0.142. The highest BCUT2D eigenvalue weighted by atomic mass is 16.5. The molecule has 164 valence electrons. The summed E-state index contributed by atoms with van der Waals surface area (Å²) in [6.07, 6.45) is 2.15. The second-order valence-electron chi connectivity index (χ2n) is 7.72. The summed E-state index contributed by atoms with van der Waals surface area (Å²) in [5.41, 5.74) is 3.80. The SMILES string of the molecule is COC(=O)[C@@H](Cc1c[nH]c2ccccc12)NC(=O)c1ccc2noc(-c3ccccc3)c2c1. The molecule has 33 heavy (non-hydrogen) atoms. The highest BCUT2D eigenvalue weighted by Gasteiger charge is 2.24. The van der Waals surface area contributed by atoms with Crippen LogP contribution in [0.1, 0.15) is 15.9 Å². The number of amides is 1. The van der Waals surface area contributed by atoms with Crippen LogP contribution in [0.15, 0.2) is 83.5 Å². The van der Waals surface area contributed by atoms with Crippen molar-refractivity contribution in [2.24, 2.45) is 0 Å². The van der Waals surface area contributed by atoms with Crippen LogP contribution in [0.2, 0.25) is 0 Å². The topological polar surface area (TPSA) is 97.2 Å². The van der Waals surface area contributed by atoms with E-state index in [1.54, 1.807) is 18.2 Å². The molecule has 0 fully saturated rings. The Morgan fingerprint density at radius 3 is 2.64 bits per heavy atom. The Morgan fingerprint density at radius 1 is 1.03 bits per heavy atom. The number of benzene rings is 3. The Bertz CT molecular complexity index is 1450. The third-order valence-corrected chi connectivity index (χ3v) is 5.66. The first-order chi connectivity index (χ1) is 16.1. The Labute approximate surface area is 189 Å². The quantitative estimate of drug-likeness (QED) is 0.380. The van der Waals surface area contributed by atoms with Crippen molar-refractivity contribution >= 4 is 33.7 Å². The number of para-hydroxylation sites is 1. The molecule has 1 atom stereocenters. The predicted octanol–water partition coefficient (Wildman–Crippen LogP) is 4.49. The molecule has 0 saturated carbocycles. The zero-order valence-electron chi connectivity index (χ0n) is 17.9. The van der Waals surface area contributed by atoms with E-state index < -0.39 is 12.0 Å². The van der Waals surface area contributed by atoms with E-state index in [0.717, 1.165) is 27.4 Å². The molecule has 0 aliphatic carbocycles. The van der Waals surface area contributed by atoms with Crippen LogP contribution < -0.4 is 5.32 Å². The molecule has 2 N–H and O–H groups in total. The van der Waals surface area contributed by atoms with Crippen LogP contribution >= 0.6 is 0 Å². The van der Waals surface area contributed by atoms with Gasteiger partial charge >= 0.3 is 5.97 Å². The molecule has 7 heteroatoms. The largest absolute Gasteiger partial charge is 0.467 e. The van der Waals surface area contributed by atoms with Gasteiger partial charge in [0.2, 0.25) is 0 Å². The number of methoxy groups -OCH3 is 1. The average Bonchev–Trinajstić information content (AvgIpc) is 3.47. The lowest BCUT2D eigenvalue weighted by Gasteiger charge is -2.16. The van der Waals surface area contributed by atoms with Crippen molar-refractivity contribution in [2.45, 2.75) is 12.5 Å². The van der Waals surface area contributed by atoms with Crippen LogP contribution in [0.3, 0.4) is 0 Å². The second kappa shape index (κ2) is 8.63. The van der Waals surface area contributed by atoms with Crippen LogP contribution in [0, 0.1) is 0 Å². The number of nitrogens with zero attached hydrogens (tertiary/aromatic N) is 1. The normalized spacial score (nSPS) is 12.0. The molecule has 5 rings (SSSR count). The van der Waals surface area contributed by atoms with Gasteiger partial charge in [-0.3, -0.25) is 4.79 Å². The summed E-state index contributed by atoms with van der Waals surface area (Å²) >= 11 is 0. The number of carbonyl (C=O) groups excluding carboxylic acids is 2. The average molecular weight is 439 g/mol. The van der Waals surface area contributed by atoms with Gasteiger partial charge in [0.1, 0.15) is 11.6 Å². The zero-order valence-corrected chi connectivity index (χ0v) is 17.9. The van der Waals surface area contributed by atoms with Gasteiger partial charge in [-0.05, 0) is 29.8 Å². The first kappa shape index (κ1) is 20.5. The number of carbonyl (C=O) groups is 2. The summed E-state index contributed by atoms with van der Waals surface area (Å²) < 4.78 is 10.5. The minimum Gasteiger partial charge on any atom is -0.467 e. The monoisotopic (exact) mass is 439 g/mol. The van der Waals surface area contributed by atoms with Gasteiger partial charge in [0.15, 0.2) is 5.76 Å². The Hall–Kier alpha value is -4.39. The molecular weight excluding hydrogens is 418 g/mol. The van der Waals surface area contributed by atoms with Crippen molar-refractivity contribution < 1.29 is 18.8 Å². The van der Waals surface area contributed by atoms with E-state index in [-0.39, 0.29) is 5.91 Å². The summed E-state index contributed by atoms with van der Waals surface area (Å²) in [5, 5.41) is 8.64. The Kier molecular flexibility index (Phi) is 5.36. The third-order valence-electron chi connectivity index (χ3n) is 5.66. The number of rotatable bonds is 6. The van der Waals surface area contributed by atoms with Crippen molar-refractivity contribution in [2.75, 3.05) is 7.11 Å². The minimum absolute atomic E-state index is 0.299. The van der Waals surface area contributed by atoms with Crippen LogP contribution in [0.25, 0.3) is 33.1 Å². The lowest BCUT2D eigenvalue weighted by atomic mass is 10.0. The van der Waals surface area contributed by atoms with Gasteiger partial charge < -0.3 is 19.6 Å². The lowest BCUT2D eigenvalue weighted by Crippen LogP contribution is -2.43. The number of H-pyrrole nitrogens is 1. The molecule has 5 aromatic rings.